The standard InChI is InChI=1S/C14H18FN5O3/c1-8-4-12(18-23-8)13(21)19(3)7-11-5-10(15)6-20(11)14-17-16-9(2)22-14/h4,10-11H,5-7H2,1-3H3/t10-,11-/m0/s1. The molecule has 0 bridgehead atoms. The van der Waals surface area contributed by atoms with Crippen LogP contribution in [-0.4, -0.2) is 58.5 Å². The van der Waals surface area contributed by atoms with Gasteiger partial charge in [-0.25, -0.2) is 4.39 Å². The number of alkyl halides is 1. The van der Waals surface area contributed by atoms with Crippen molar-refractivity contribution in [2.24, 2.45) is 0 Å². The predicted molar refractivity (Wildman–Crippen MR) is 77.9 cm³/mol. The second-order valence-corrected chi connectivity index (χ2v) is 5.75. The number of aromatic nitrogens is 3. The van der Waals surface area contributed by atoms with Gasteiger partial charge in [0, 0.05) is 33.0 Å². The Morgan fingerprint density at radius 1 is 1.48 bits per heavy atom. The molecule has 0 N–H and O–H groups in total. The van der Waals surface area contributed by atoms with E-state index in [1.165, 1.54) is 4.90 Å². The van der Waals surface area contributed by atoms with Crippen LogP contribution in [0, 0.1) is 13.8 Å². The smallest absolute Gasteiger partial charge is 0.318 e. The lowest BCUT2D eigenvalue weighted by Crippen LogP contribution is -2.41. The molecule has 23 heavy (non-hydrogen) atoms. The van der Waals surface area contributed by atoms with Crippen molar-refractivity contribution in [1.29, 1.82) is 0 Å². The molecule has 0 unspecified atom stereocenters. The van der Waals surface area contributed by atoms with Crippen LogP contribution in [0.3, 0.4) is 0 Å². The van der Waals surface area contributed by atoms with Gasteiger partial charge in [0.25, 0.3) is 5.91 Å². The first kappa shape index (κ1) is 15.4. The number of nitrogens with zero attached hydrogens (tertiary/aromatic N) is 5. The van der Waals surface area contributed by atoms with Gasteiger partial charge in [0.05, 0.1) is 12.6 Å². The van der Waals surface area contributed by atoms with Crippen molar-refractivity contribution in [3.63, 3.8) is 0 Å². The lowest BCUT2D eigenvalue weighted by Gasteiger charge is -2.26. The van der Waals surface area contributed by atoms with Gasteiger partial charge in [-0.05, 0) is 6.92 Å². The highest BCUT2D eigenvalue weighted by molar-refractivity contribution is 5.92. The lowest BCUT2D eigenvalue weighted by molar-refractivity contribution is 0.0775. The Labute approximate surface area is 132 Å². The first-order chi connectivity index (χ1) is 10.9. The minimum absolute atomic E-state index is 0.178. The fourth-order valence-electron chi connectivity index (χ4n) is 2.73. The highest BCUT2D eigenvalue weighted by Crippen LogP contribution is 2.27. The van der Waals surface area contributed by atoms with Crippen molar-refractivity contribution in [3.05, 3.63) is 23.4 Å². The maximum absolute atomic E-state index is 13.8. The van der Waals surface area contributed by atoms with Gasteiger partial charge in [0.2, 0.25) is 5.89 Å². The van der Waals surface area contributed by atoms with Crippen molar-refractivity contribution >= 4 is 11.9 Å². The molecule has 0 spiro atoms. The average molecular weight is 323 g/mol. The van der Waals surface area contributed by atoms with Gasteiger partial charge in [-0.1, -0.05) is 10.3 Å². The van der Waals surface area contributed by atoms with Crippen molar-refractivity contribution < 1.29 is 18.1 Å². The maximum Gasteiger partial charge on any atom is 0.318 e. The molecule has 1 saturated heterocycles. The third-order valence-corrected chi connectivity index (χ3v) is 3.80. The summed E-state index contributed by atoms with van der Waals surface area (Å²) in [6.45, 7) is 3.90. The third-order valence-electron chi connectivity index (χ3n) is 3.80. The van der Waals surface area contributed by atoms with E-state index in [9.17, 15) is 9.18 Å². The van der Waals surface area contributed by atoms with E-state index in [1.54, 1.807) is 31.9 Å². The van der Waals surface area contributed by atoms with Crippen LogP contribution < -0.4 is 4.90 Å². The molecule has 2 atom stereocenters. The molecule has 3 heterocycles. The fraction of sp³-hybridized carbons (Fsp3) is 0.571. The Bertz CT molecular complexity index is 700. The van der Waals surface area contributed by atoms with E-state index in [2.05, 4.69) is 15.4 Å². The summed E-state index contributed by atoms with van der Waals surface area (Å²) in [7, 11) is 1.65. The molecular formula is C14H18FN5O3. The number of carbonyl (C=O) groups excluding carboxylic acids is 1. The topological polar surface area (TPSA) is 88.5 Å². The van der Waals surface area contributed by atoms with E-state index in [0.717, 1.165) is 0 Å². The van der Waals surface area contributed by atoms with Crippen LogP contribution in [0.4, 0.5) is 10.4 Å². The zero-order chi connectivity index (χ0) is 16.6. The minimum atomic E-state index is -0.995. The maximum atomic E-state index is 13.8. The number of halogens is 1. The molecule has 1 aliphatic heterocycles. The molecule has 1 amide bonds. The van der Waals surface area contributed by atoms with Gasteiger partial charge in [-0.3, -0.25) is 4.79 Å². The van der Waals surface area contributed by atoms with Gasteiger partial charge in [-0.15, -0.1) is 5.10 Å². The summed E-state index contributed by atoms with van der Waals surface area (Å²) >= 11 is 0. The van der Waals surface area contributed by atoms with Gasteiger partial charge in [0.15, 0.2) is 5.69 Å². The van der Waals surface area contributed by atoms with Crippen LogP contribution in [0.2, 0.25) is 0 Å². The Morgan fingerprint density at radius 2 is 2.26 bits per heavy atom. The predicted octanol–water partition coefficient (Wildman–Crippen LogP) is 1.36. The van der Waals surface area contributed by atoms with Crippen molar-refractivity contribution in [2.45, 2.75) is 32.5 Å². The molecule has 2 aromatic heterocycles. The Kier molecular flexibility index (Phi) is 4.01. The van der Waals surface area contributed by atoms with Crippen molar-refractivity contribution in [3.8, 4) is 0 Å². The van der Waals surface area contributed by atoms with Crippen LogP contribution in [-0.2, 0) is 0 Å². The molecule has 2 aromatic rings. The molecule has 0 radical (unpaired) electrons. The molecule has 1 fully saturated rings. The Hall–Kier alpha value is -2.45. The summed E-state index contributed by atoms with van der Waals surface area (Å²) in [5.41, 5.74) is 0.236. The van der Waals surface area contributed by atoms with E-state index in [-0.39, 0.29) is 30.2 Å². The number of likely N-dealkylation sites (N-methyl/N-ethyl adjacent to an activating group) is 1. The molecule has 124 valence electrons. The minimum Gasteiger partial charge on any atom is -0.408 e. The van der Waals surface area contributed by atoms with Crippen LogP contribution in [0.25, 0.3) is 0 Å². The number of aryl methyl sites for hydroxylation is 2. The molecule has 3 rings (SSSR count). The molecular weight excluding hydrogens is 305 g/mol. The van der Waals surface area contributed by atoms with Gasteiger partial charge >= 0.3 is 6.01 Å². The molecule has 9 heteroatoms. The van der Waals surface area contributed by atoms with E-state index >= 15 is 0 Å². The zero-order valence-electron chi connectivity index (χ0n) is 13.2. The summed E-state index contributed by atoms with van der Waals surface area (Å²) in [6, 6.07) is 1.63. The Balaban J connectivity index is 1.71. The number of rotatable bonds is 4. The number of anilines is 1. The summed E-state index contributed by atoms with van der Waals surface area (Å²) in [4.78, 5) is 15.5. The second-order valence-electron chi connectivity index (χ2n) is 5.75. The third kappa shape index (κ3) is 3.17. The molecule has 8 nitrogen and oxygen atoms in total. The van der Waals surface area contributed by atoms with Crippen LogP contribution >= 0.6 is 0 Å². The quantitative estimate of drug-likeness (QED) is 0.839. The van der Waals surface area contributed by atoms with Crippen molar-refractivity contribution in [1.82, 2.24) is 20.3 Å². The number of carbonyl (C=O) groups is 1. The van der Waals surface area contributed by atoms with E-state index in [1.807, 2.05) is 0 Å². The molecule has 0 aliphatic carbocycles. The lowest BCUT2D eigenvalue weighted by atomic mass is 10.2. The van der Waals surface area contributed by atoms with E-state index < -0.39 is 6.17 Å². The normalized spacial score (nSPS) is 21.0. The first-order valence-electron chi connectivity index (χ1n) is 7.33. The summed E-state index contributed by atoms with van der Waals surface area (Å²) in [5, 5.41) is 11.4. The van der Waals surface area contributed by atoms with Crippen LogP contribution in [0.5, 0.6) is 0 Å². The van der Waals surface area contributed by atoms with Gasteiger partial charge in [0.1, 0.15) is 11.9 Å². The van der Waals surface area contributed by atoms with Crippen molar-refractivity contribution in [2.75, 3.05) is 25.0 Å². The molecule has 1 aliphatic rings. The zero-order valence-corrected chi connectivity index (χ0v) is 13.2. The first-order valence-corrected chi connectivity index (χ1v) is 7.33. The van der Waals surface area contributed by atoms with E-state index in [4.69, 9.17) is 8.94 Å². The summed E-state index contributed by atoms with van der Waals surface area (Å²) in [6.07, 6.45) is -0.693. The average Bonchev–Trinajstić information content (AvgIpc) is 3.19. The Morgan fingerprint density at radius 3 is 2.87 bits per heavy atom. The fourth-order valence-corrected chi connectivity index (χ4v) is 2.73. The number of hydrogen-bond acceptors (Lipinski definition) is 7. The SMILES string of the molecule is Cc1cc(C(=O)N(C)C[C@@H]2C[C@H](F)CN2c2nnc(C)o2)no1. The number of hydrogen-bond donors (Lipinski definition) is 0. The summed E-state index contributed by atoms with van der Waals surface area (Å²) < 4.78 is 24.1. The second kappa shape index (κ2) is 5.98. The largest absolute Gasteiger partial charge is 0.408 e. The summed E-state index contributed by atoms with van der Waals surface area (Å²) in [5.74, 6) is 0.712. The van der Waals surface area contributed by atoms with Gasteiger partial charge < -0.3 is 18.7 Å². The number of amides is 1. The van der Waals surface area contributed by atoms with Crippen LogP contribution in [0.1, 0.15) is 28.6 Å². The van der Waals surface area contributed by atoms with Gasteiger partial charge in [-0.2, -0.15) is 0 Å². The monoisotopic (exact) mass is 323 g/mol. The highest BCUT2D eigenvalue weighted by Gasteiger charge is 2.36. The van der Waals surface area contributed by atoms with Crippen LogP contribution in [0.15, 0.2) is 15.0 Å². The molecule has 0 aromatic carbocycles. The highest BCUT2D eigenvalue weighted by atomic mass is 19.1. The molecule has 0 saturated carbocycles. The van der Waals surface area contributed by atoms with E-state index in [0.29, 0.717) is 24.6 Å².